The van der Waals surface area contributed by atoms with Crippen LogP contribution in [0.25, 0.3) is 0 Å². The van der Waals surface area contributed by atoms with Gasteiger partial charge in [-0.15, -0.1) is 11.3 Å². The lowest BCUT2D eigenvalue weighted by Gasteiger charge is -2.16. The highest BCUT2D eigenvalue weighted by atomic mass is 32.1. The molecule has 1 aliphatic carbocycles. The molecular weight excluding hydrogens is 329 g/mol. The van der Waals surface area contributed by atoms with Crippen LogP contribution in [0, 0.1) is 12.7 Å². The summed E-state index contributed by atoms with van der Waals surface area (Å²) in [6.45, 7) is 1.92. The van der Waals surface area contributed by atoms with Gasteiger partial charge in [0.05, 0.1) is 18.0 Å². The average molecular weight is 349 g/mol. The van der Waals surface area contributed by atoms with Crippen molar-refractivity contribution in [2.45, 2.75) is 45.1 Å². The standard InChI is InChI=1S/C17H20FN3O2S/c1-11-10-24-17(20-13-5-3-2-4-6-13)21(11)19-9-12-7-15(22)16(23)8-14(12)18/h7-10,13,22-23H,2-6H2,1H3. The zero-order valence-electron chi connectivity index (χ0n) is 13.4. The van der Waals surface area contributed by atoms with Crippen molar-refractivity contribution in [1.82, 2.24) is 4.68 Å². The summed E-state index contributed by atoms with van der Waals surface area (Å²) in [7, 11) is 0. The first-order valence-corrected chi connectivity index (χ1v) is 8.89. The highest BCUT2D eigenvalue weighted by Crippen LogP contribution is 2.26. The van der Waals surface area contributed by atoms with Gasteiger partial charge in [-0.3, -0.25) is 4.99 Å². The Balaban J connectivity index is 1.91. The smallest absolute Gasteiger partial charge is 0.206 e. The molecule has 0 radical (unpaired) electrons. The maximum absolute atomic E-state index is 13.8. The minimum atomic E-state index is -0.645. The maximum atomic E-state index is 13.8. The summed E-state index contributed by atoms with van der Waals surface area (Å²) in [5.74, 6) is -1.51. The van der Waals surface area contributed by atoms with Gasteiger partial charge in [-0.05, 0) is 25.8 Å². The van der Waals surface area contributed by atoms with E-state index in [0.717, 1.165) is 35.5 Å². The van der Waals surface area contributed by atoms with Crippen LogP contribution in [0.2, 0.25) is 0 Å². The van der Waals surface area contributed by atoms with Gasteiger partial charge < -0.3 is 10.2 Å². The third-order valence-corrected chi connectivity index (χ3v) is 5.07. The molecule has 0 atom stereocenters. The van der Waals surface area contributed by atoms with E-state index in [1.165, 1.54) is 36.8 Å². The van der Waals surface area contributed by atoms with E-state index >= 15 is 0 Å². The minimum Gasteiger partial charge on any atom is -0.504 e. The van der Waals surface area contributed by atoms with Gasteiger partial charge >= 0.3 is 0 Å². The number of nitrogens with zero attached hydrogens (tertiary/aromatic N) is 3. The van der Waals surface area contributed by atoms with Gasteiger partial charge in [0.1, 0.15) is 5.82 Å². The van der Waals surface area contributed by atoms with Crippen molar-refractivity contribution in [3.63, 3.8) is 0 Å². The summed E-state index contributed by atoms with van der Waals surface area (Å²) >= 11 is 1.51. The molecule has 7 heteroatoms. The molecule has 2 N–H and O–H groups in total. The number of hydrogen-bond donors (Lipinski definition) is 2. The van der Waals surface area contributed by atoms with Crippen molar-refractivity contribution >= 4 is 17.6 Å². The van der Waals surface area contributed by atoms with Crippen LogP contribution in [0.3, 0.4) is 0 Å². The largest absolute Gasteiger partial charge is 0.504 e. The normalized spacial score (nSPS) is 17.0. The summed E-state index contributed by atoms with van der Waals surface area (Å²) in [6.07, 6.45) is 7.22. The number of hydrogen-bond acceptors (Lipinski definition) is 5. The average Bonchev–Trinajstić information content (AvgIpc) is 2.91. The Bertz CT molecular complexity index is 820. The number of phenols is 2. The predicted octanol–water partition coefficient (Wildman–Crippen LogP) is 3.52. The number of aromatic nitrogens is 1. The SMILES string of the molecule is Cc1csc(=NC2CCCCC2)n1N=Cc1cc(O)c(O)cc1F. The Hall–Kier alpha value is -2.15. The monoisotopic (exact) mass is 349 g/mol. The Morgan fingerprint density at radius 2 is 1.92 bits per heavy atom. The van der Waals surface area contributed by atoms with Crippen molar-refractivity contribution in [3.8, 4) is 11.5 Å². The van der Waals surface area contributed by atoms with E-state index < -0.39 is 11.6 Å². The number of thiazole rings is 1. The molecule has 2 aromatic rings. The van der Waals surface area contributed by atoms with Gasteiger partial charge in [0.15, 0.2) is 11.5 Å². The first-order valence-electron chi connectivity index (χ1n) is 8.01. The Labute approximate surface area is 143 Å². The molecule has 0 bridgehead atoms. The molecular formula is C17H20FN3O2S. The van der Waals surface area contributed by atoms with Gasteiger partial charge in [-0.2, -0.15) is 5.10 Å². The molecule has 0 unspecified atom stereocenters. The predicted molar refractivity (Wildman–Crippen MR) is 92.2 cm³/mol. The molecule has 24 heavy (non-hydrogen) atoms. The summed E-state index contributed by atoms with van der Waals surface area (Å²) in [4.78, 5) is 5.58. The molecule has 0 aliphatic heterocycles. The summed E-state index contributed by atoms with van der Waals surface area (Å²) < 4.78 is 15.5. The van der Waals surface area contributed by atoms with E-state index in [4.69, 9.17) is 4.99 Å². The van der Waals surface area contributed by atoms with Crippen LogP contribution in [-0.4, -0.2) is 27.1 Å². The van der Waals surface area contributed by atoms with Gasteiger partial charge in [0.25, 0.3) is 0 Å². The van der Waals surface area contributed by atoms with Crippen LogP contribution in [0.4, 0.5) is 4.39 Å². The fourth-order valence-electron chi connectivity index (χ4n) is 2.77. The fraction of sp³-hybridized carbons (Fsp3) is 0.412. The molecule has 0 amide bonds. The van der Waals surface area contributed by atoms with E-state index in [-0.39, 0.29) is 11.3 Å². The van der Waals surface area contributed by atoms with Crippen LogP contribution in [-0.2, 0) is 0 Å². The Kier molecular flexibility index (Phi) is 4.99. The zero-order chi connectivity index (χ0) is 17.1. The molecule has 1 aromatic heterocycles. The molecule has 128 valence electrons. The molecule has 1 fully saturated rings. The third kappa shape index (κ3) is 3.67. The highest BCUT2D eigenvalue weighted by molar-refractivity contribution is 7.07. The summed E-state index contributed by atoms with van der Waals surface area (Å²) in [5.41, 5.74) is 1.02. The molecule has 0 saturated heterocycles. The number of aryl methyl sites for hydroxylation is 1. The molecule has 0 spiro atoms. The lowest BCUT2D eigenvalue weighted by molar-refractivity contribution is 0.399. The Morgan fingerprint density at radius 1 is 1.21 bits per heavy atom. The highest BCUT2D eigenvalue weighted by Gasteiger charge is 2.13. The van der Waals surface area contributed by atoms with Crippen LogP contribution in [0.15, 0.2) is 27.6 Å². The van der Waals surface area contributed by atoms with Crippen LogP contribution in [0.1, 0.15) is 43.4 Å². The van der Waals surface area contributed by atoms with Crippen LogP contribution in [0.5, 0.6) is 11.5 Å². The minimum absolute atomic E-state index is 0.104. The lowest BCUT2D eigenvalue weighted by Crippen LogP contribution is -2.19. The van der Waals surface area contributed by atoms with E-state index in [2.05, 4.69) is 5.10 Å². The molecule has 3 rings (SSSR count). The van der Waals surface area contributed by atoms with E-state index in [1.807, 2.05) is 12.3 Å². The van der Waals surface area contributed by atoms with Crippen molar-refractivity contribution in [3.05, 3.63) is 39.4 Å². The number of benzene rings is 1. The third-order valence-electron chi connectivity index (χ3n) is 4.12. The number of phenolic OH excluding ortho intramolecular Hbond substituents is 2. The van der Waals surface area contributed by atoms with Crippen LogP contribution < -0.4 is 4.80 Å². The second-order valence-corrected chi connectivity index (χ2v) is 6.84. The summed E-state index contributed by atoms with van der Waals surface area (Å²) in [5, 5.41) is 25.1. The zero-order valence-corrected chi connectivity index (χ0v) is 14.3. The van der Waals surface area contributed by atoms with E-state index in [1.54, 1.807) is 4.68 Å². The summed E-state index contributed by atoms with van der Waals surface area (Å²) in [6, 6.07) is 2.34. The first-order chi connectivity index (χ1) is 11.5. The van der Waals surface area contributed by atoms with Crippen molar-refractivity contribution in [2.24, 2.45) is 10.1 Å². The van der Waals surface area contributed by atoms with Crippen LogP contribution >= 0.6 is 11.3 Å². The molecule has 5 nitrogen and oxygen atoms in total. The molecule has 1 aromatic carbocycles. The fourth-order valence-corrected chi connectivity index (χ4v) is 3.64. The first kappa shape index (κ1) is 16.7. The quantitative estimate of drug-likeness (QED) is 0.657. The van der Waals surface area contributed by atoms with Crippen molar-refractivity contribution < 1.29 is 14.6 Å². The number of aromatic hydroxyl groups is 2. The van der Waals surface area contributed by atoms with Gasteiger partial charge in [0.2, 0.25) is 4.80 Å². The van der Waals surface area contributed by atoms with Crippen molar-refractivity contribution in [2.75, 3.05) is 0 Å². The van der Waals surface area contributed by atoms with Gasteiger partial charge in [-0.1, -0.05) is 19.3 Å². The van der Waals surface area contributed by atoms with Crippen molar-refractivity contribution in [1.29, 1.82) is 0 Å². The van der Waals surface area contributed by atoms with Gasteiger partial charge in [-0.25, -0.2) is 9.07 Å². The van der Waals surface area contributed by atoms with E-state index in [0.29, 0.717) is 6.04 Å². The topological polar surface area (TPSA) is 70.1 Å². The lowest BCUT2D eigenvalue weighted by atomic mass is 9.96. The number of rotatable bonds is 3. The van der Waals surface area contributed by atoms with E-state index in [9.17, 15) is 14.6 Å². The molecule has 1 aliphatic rings. The molecule has 1 heterocycles. The Morgan fingerprint density at radius 3 is 2.67 bits per heavy atom. The second-order valence-electron chi connectivity index (χ2n) is 6.00. The second kappa shape index (κ2) is 7.17. The van der Waals surface area contributed by atoms with Gasteiger partial charge in [0, 0.05) is 17.0 Å². The number of halogens is 1. The molecule has 1 saturated carbocycles. The maximum Gasteiger partial charge on any atom is 0.206 e.